The summed E-state index contributed by atoms with van der Waals surface area (Å²) in [5, 5.41) is 14.7. The zero-order chi connectivity index (χ0) is 16.9. The average molecular weight is 324 g/mol. The van der Waals surface area contributed by atoms with E-state index in [0.717, 1.165) is 13.1 Å². The Bertz CT molecular complexity index is 779. The monoisotopic (exact) mass is 324 g/mol. The van der Waals surface area contributed by atoms with Gasteiger partial charge in [-0.2, -0.15) is 5.10 Å². The van der Waals surface area contributed by atoms with Gasteiger partial charge in [0.1, 0.15) is 0 Å². The lowest BCUT2D eigenvalue weighted by Gasteiger charge is -2.12. The largest absolute Gasteiger partial charge is 0.286 e. The first kappa shape index (κ1) is 15.8. The van der Waals surface area contributed by atoms with E-state index in [1.165, 1.54) is 23.4 Å². The van der Waals surface area contributed by atoms with E-state index in [4.69, 9.17) is 0 Å². The van der Waals surface area contributed by atoms with Crippen LogP contribution < -0.4 is 5.43 Å². The lowest BCUT2D eigenvalue weighted by molar-refractivity contribution is -0.385. The predicted octanol–water partition coefficient (Wildman–Crippen LogP) is 2.06. The number of nitrogens with one attached hydrogen (secondary N) is 1. The van der Waals surface area contributed by atoms with E-state index in [-0.39, 0.29) is 18.1 Å². The van der Waals surface area contributed by atoms with E-state index >= 15 is 0 Å². The molecule has 122 valence electrons. The van der Waals surface area contributed by atoms with Gasteiger partial charge >= 0.3 is 0 Å². The average Bonchev–Trinajstić information content (AvgIpc) is 2.97. The van der Waals surface area contributed by atoms with Crippen LogP contribution in [0.2, 0.25) is 0 Å². The van der Waals surface area contributed by atoms with Gasteiger partial charge in [0.15, 0.2) is 0 Å². The van der Waals surface area contributed by atoms with Gasteiger partial charge in [-0.15, -0.1) is 0 Å². The summed E-state index contributed by atoms with van der Waals surface area (Å²) in [7, 11) is 0. The summed E-state index contributed by atoms with van der Waals surface area (Å²) in [4.78, 5) is 24.4. The second-order valence-electron chi connectivity index (χ2n) is 5.52. The number of nitro groups is 1. The Hall–Kier alpha value is -3.06. The number of hydrogen-bond acceptors (Lipinski definition) is 5. The fourth-order valence-electron chi connectivity index (χ4n) is 2.69. The second-order valence-corrected chi connectivity index (χ2v) is 5.52. The first-order valence-electron chi connectivity index (χ1n) is 7.48. The molecule has 1 aliphatic heterocycles. The summed E-state index contributed by atoms with van der Waals surface area (Å²) >= 11 is 0. The van der Waals surface area contributed by atoms with E-state index in [0.29, 0.717) is 5.56 Å². The van der Waals surface area contributed by atoms with E-state index in [2.05, 4.69) is 22.7 Å². The highest BCUT2D eigenvalue weighted by Crippen LogP contribution is 2.21. The molecule has 2 aromatic carbocycles. The molecule has 0 spiro atoms. The highest BCUT2D eigenvalue weighted by Gasteiger charge is 2.20. The molecule has 7 heteroatoms. The number of amides is 1. The fourth-order valence-corrected chi connectivity index (χ4v) is 2.69. The van der Waals surface area contributed by atoms with E-state index < -0.39 is 4.92 Å². The van der Waals surface area contributed by atoms with Crippen LogP contribution in [0, 0.1) is 10.1 Å². The Labute approximate surface area is 138 Å². The van der Waals surface area contributed by atoms with Crippen LogP contribution in [-0.4, -0.2) is 28.5 Å². The summed E-state index contributed by atoms with van der Waals surface area (Å²) in [5.41, 5.74) is 5.17. The zero-order valence-corrected chi connectivity index (χ0v) is 12.9. The molecular formula is C17H16N4O3. The van der Waals surface area contributed by atoms with Crippen LogP contribution in [0.5, 0.6) is 0 Å². The van der Waals surface area contributed by atoms with Gasteiger partial charge in [-0.05, 0) is 17.2 Å². The van der Waals surface area contributed by atoms with Crippen LogP contribution in [0.1, 0.15) is 16.7 Å². The molecule has 0 bridgehead atoms. The van der Waals surface area contributed by atoms with Crippen molar-refractivity contribution in [3.8, 4) is 0 Å². The van der Waals surface area contributed by atoms with Crippen LogP contribution >= 0.6 is 0 Å². The van der Waals surface area contributed by atoms with Gasteiger partial charge in [0.2, 0.25) is 0 Å². The molecule has 0 aromatic heterocycles. The van der Waals surface area contributed by atoms with E-state index in [9.17, 15) is 14.9 Å². The third-order valence-electron chi connectivity index (χ3n) is 3.80. The molecule has 24 heavy (non-hydrogen) atoms. The van der Waals surface area contributed by atoms with Crippen molar-refractivity contribution < 1.29 is 9.72 Å². The Morgan fingerprint density at radius 1 is 1.17 bits per heavy atom. The Kier molecular flexibility index (Phi) is 4.62. The molecule has 0 atom stereocenters. The molecule has 0 fully saturated rings. The SMILES string of the molecule is O=C(CN1Cc2ccccc2C1)N/N=C\c1ccccc1[N+](=O)[O-]. The van der Waals surface area contributed by atoms with Gasteiger partial charge in [0.25, 0.3) is 11.6 Å². The molecule has 0 saturated heterocycles. The minimum absolute atomic E-state index is 0.0505. The smallest absolute Gasteiger partial charge is 0.278 e. The zero-order valence-electron chi connectivity index (χ0n) is 12.9. The minimum atomic E-state index is -0.482. The highest BCUT2D eigenvalue weighted by molar-refractivity contribution is 5.86. The van der Waals surface area contributed by atoms with Crippen molar-refractivity contribution in [2.24, 2.45) is 5.10 Å². The summed E-state index contributed by atoms with van der Waals surface area (Å²) < 4.78 is 0. The van der Waals surface area contributed by atoms with Gasteiger partial charge in [-0.25, -0.2) is 5.43 Å². The Morgan fingerprint density at radius 2 is 1.79 bits per heavy atom. The number of hydrogen-bond donors (Lipinski definition) is 1. The van der Waals surface area contributed by atoms with Gasteiger partial charge in [0.05, 0.1) is 23.2 Å². The van der Waals surface area contributed by atoms with Crippen molar-refractivity contribution in [3.63, 3.8) is 0 Å². The third kappa shape index (κ3) is 3.64. The van der Waals surface area contributed by atoms with Crippen LogP contribution in [0.3, 0.4) is 0 Å². The normalized spacial score (nSPS) is 13.8. The van der Waals surface area contributed by atoms with Crippen molar-refractivity contribution in [3.05, 3.63) is 75.3 Å². The fraction of sp³-hybridized carbons (Fsp3) is 0.176. The van der Waals surface area contributed by atoms with Crippen molar-refractivity contribution in [1.29, 1.82) is 0 Å². The first-order chi connectivity index (χ1) is 11.6. The van der Waals surface area contributed by atoms with Gasteiger partial charge in [-0.3, -0.25) is 19.8 Å². The molecule has 1 amide bonds. The number of carbonyl (C=O) groups is 1. The minimum Gasteiger partial charge on any atom is -0.286 e. The Morgan fingerprint density at radius 3 is 2.46 bits per heavy atom. The number of benzene rings is 2. The summed E-state index contributed by atoms with van der Waals surface area (Å²) in [5.74, 6) is -0.252. The van der Waals surface area contributed by atoms with Crippen molar-refractivity contribution >= 4 is 17.8 Å². The number of fused-ring (bicyclic) bond motifs is 1. The van der Waals surface area contributed by atoms with Gasteiger partial charge in [0, 0.05) is 19.2 Å². The molecule has 0 radical (unpaired) electrons. The van der Waals surface area contributed by atoms with Crippen LogP contribution in [0.4, 0.5) is 5.69 Å². The van der Waals surface area contributed by atoms with E-state index in [1.54, 1.807) is 18.2 Å². The van der Waals surface area contributed by atoms with Crippen molar-refractivity contribution in [2.45, 2.75) is 13.1 Å². The maximum absolute atomic E-state index is 12.0. The van der Waals surface area contributed by atoms with Gasteiger partial charge < -0.3 is 0 Å². The molecule has 1 N–H and O–H groups in total. The standard InChI is InChI=1S/C17H16N4O3/c22-17(12-20-10-14-6-1-2-7-15(14)11-20)19-18-9-13-5-3-4-8-16(13)21(23)24/h1-9H,10-12H2,(H,19,22)/b18-9-. The molecule has 2 aromatic rings. The summed E-state index contributed by atoms with van der Waals surface area (Å²) in [6.45, 7) is 1.69. The number of hydrazone groups is 1. The lowest BCUT2D eigenvalue weighted by Crippen LogP contribution is -2.32. The first-order valence-corrected chi connectivity index (χ1v) is 7.48. The number of para-hydroxylation sites is 1. The Balaban J connectivity index is 1.54. The van der Waals surface area contributed by atoms with Gasteiger partial charge in [-0.1, -0.05) is 36.4 Å². The van der Waals surface area contributed by atoms with Crippen molar-refractivity contribution in [1.82, 2.24) is 10.3 Å². The third-order valence-corrected chi connectivity index (χ3v) is 3.80. The highest BCUT2D eigenvalue weighted by atomic mass is 16.6. The topological polar surface area (TPSA) is 87.8 Å². The predicted molar refractivity (Wildman–Crippen MR) is 89.4 cm³/mol. The molecule has 0 unspecified atom stereocenters. The van der Waals surface area contributed by atoms with Crippen molar-refractivity contribution in [2.75, 3.05) is 6.54 Å². The number of nitro benzene ring substituents is 1. The maximum atomic E-state index is 12.0. The summed E-state index contributed by atoms with van der Waals surface area (Å²) in [6.07, 6.45) is 1.29. The molecule has 1 aliphatic rings. The van der Waals surface area contributed by atoms with E-state index in [1.807, 2.05) is 17.0 Å². The number of carbonyl (C=O) groups excluding carboxylic acids is 1. The molecule has 0 saturated carbocycles. The quantitative estimate of drug-likeness (QED) is 0.518. The molecule has 7 nitrogen and oxygen atoms in total. The lowest BCUT2D eigenvalue weighted by atomic mass is 10.1. The maximum Gasteiger partial charge on any atom is 0.278 e. The second kappa shape index (κ2) is 7.01. The molecule has 1 heterocycles. The van der Waals surface area contributed by atoms with Crippen LogP contribution in [0.25, 0.3) is 0 Å². The summed E-state index contributed by atoms with van der Waals surface area (Å²) in [6, 6.07) is 14.3. The van der Waals surface area contributed by atoms with Crippen LogP contribution in [-0.2, 0) is 17.9 Å². The number of rotatable bonds is 5. The van der Waals surface area contributed by atoms with Crippen LogP contribution in [0.15, 0.2) is 53.6 Å². The molecule has 0 aliphatic carbocycles. The number of nitrogens with zero attached hydrogens (tertiary/aromatic N) is 3. The molecule has 3 rings (SSSR count). The molecular weight excluding hydrogens is 308 g/mol.